The Balaban J connectivity index is 1.31. The molecule has 0 radical (unpaired) electrons. The Labute approximate surface area is 212 Å². The van der Waals surface area contributed by atoms with Crippen LogP contribution in [0, 0.1) is 6.92 Å². The standard InChI is InChI=1S/C25H28N3O6PS/c1-15-7-18(17-4-3-16-5-6-33-13-19(16)8-17)9-22(35)21(15)10-23(29)27-36(30,31)24-11-25-28(26-24)12-20(32-2)14-34-25/h3-4,7-9,11,20H,5-6,10,12-14,35H2,1-2H3,(H,27,29). The highest BCUT2D eigenvalue weighted by atomic mass is 32.2. The molecule has 1 amide bonds. The maximum absolute atomic E-state index is 12.8. The van der Waals surface area contributed by atoms with Crippen LogP contribution in [0.2, 0.25) is 0 Å². The number of amides is 1. The molecule has 11 heteroatoms. The summed E-state index contributed by atoms with van der Waals surface area (Å²) in [6.07, 6.45) is 0.615. The number of hydrogen-bond acceptors (Lipinski definition) is 7. The first-order valence-corrected chi connectivity index (χ1v) is 13.7. The van der Waals surface area contributed by atoms with Gasteiger partial charge in [0.2, 0.25) is 16.8 Å². The van der Waals surface area contributed by atoms with Crippen molar-refractivity contribution in [2.75, 3.05) is 20.3 Å². The van der Waals surface area contributed by atoms with Crippen molar-refractivity contribution in [1.29, 1.82) is 0 Å². The molecule has 2 aliphatic rings. The average molecular weight is 530 g/mol. The van der Waals surface area contributed by atoms with Crippen LogP contribution in [0.3, 0.4) is 0 Å². The summed E-state index contributed by atoms with van der Waals surface area (Å²) in [5, 5.41) is 4.66. The van der Waals surface area contributed by atoms with Gasteiger partial charge >= 0.3 is 0 Å². The number of nitrogens with one attached hydrogen (secondary N) is 1. The first-order valence-electron chi connectivity index (χ1n) is 11.6. The number of aromatic nitrogens is 2. The van der Waals surface area contributed by atoms with Crippen LogP contribution in [-0.2, 0) is 50.3 Å². The first-order chi connectivity index (χ1) is 17.2. The van der Waals surface area contributed by atoms with Crippen LogP contribution in [0.1, 0.15) is 22.3 Å². The van der Waals surface area contributed by atoms with Crippen LogP contribution in [0.25, 0.3) is 11.1 Å². The van der Waals surface area contributed by atoms with Gasteiger partial charge in [-0.05, 0) is 64.2 Å². The number of sulfonamides is 1. The van der Waals surface area contributed by atoms with Crippen LogP contribution in [0.5, 0.6) is 5.88 Å². The average Bonchev–Trinajstić information content (AvgIpc) is 3.30. The van der Waals surface area contributed by atoms with Crippen LogP contribution in [0.15, 0.2) is 41.4 Å². The second kappa shape index (κ2) is 9.94. The number of methoxy groups -OCH3 is 1. The van der Waals surface area contributed by atoms with E-state index < -0.39 is 15.9 Å². The van der Waals surface area contributed by atoms with E-state index in [1.807, 2.05) is 19.1 Å². The molecule has 2 aliphatic heterocycles. The lowest BCUT2D eigenvalue weighted by Crippen LogP contribution is -2.33. The third-order valence-electron chi connectivity index (χ3n) is 6.53. The fourth-order valence-electron chi connectivity index (χ4n) is 4.52. The number of carbonyl (C=O) groups is 1. The Morgan fingerprint density at radius 1 is 1.22 bits per heavy atom. The Hall–Kier alpha value is -2.78. The molecule has 36 heavy (non-hydrogen) atoms. The lowest BCUT2D eigenvalue weighted by atomic mass is 9.94. The molecule has 2 atom stereocenters. The van der Waals surface area contributed by atoms with Gasteiger partial charge in [0.1, 0.15) is 12.7 Å². The molecule has 1 aromatic heterocycles. The molecule has 190 valence electrons. The third-order valence-corrected chi connectivity index (χ3v) is 8.29. The number of benzene rings is 2. The molecule has 5 rings (SSSR count). The van der Waals surface area contributed by atoms with Crippen molar-refractivity contribution in [2.24, 2.45) is 0 Å². The summed E-state index contributed by atoms with van der Waals surface area (Å²) in [5.41, 5.74) is 6.26. The summed E-state index contributed by atoms with van der Waals surface area (Å²) in [5.74, 6) is -0.314. The lowest BCUT2D eigenvalue weighted by molar-refractivity contribution is -0.118. The number of hydrogen-bond donors (Lipinski definition) is 1. The highest BCUT2D eigenvalue weighted by Crippen LogP contribution is 2.28. The second-order valence-corrected chi connectivity index (χ2v) is 11.3. The predicted octanol–water partition coefficient (Wildman–Crippen LogP) is 1.89. The van der Waals surface area contributed by atoms with Crippen molar-refractivity contribution in [3.05, 3.63) is 58.7 Å². The van der Waals surface area contributed by atoms with Crippen molar-refractivity contribution in [3.8, 4) is 17.0 Å². The van der Waals surface area contributed by atoms with Gasteiger partial charge in [-0.25, -0.2) is 9.40 Å². The highest BCUT2D eigenvalue weighted by molar-refractivity contribution is 7.90. The maximum atomic E-state index is 12.8. The van der Waals surface area contributed by atoms with Gasteiger partial charge in [0, 0.05) is 13.2 Å². The summed E-state index contributed by atoms with van der Waals surface area (Å²) in [6, 6.07) is 11.7. The Bertz CT molecular complexity index is 1410. The fourth-order valence-corrected chi connectivity index (χ4v) is 5.97. The SMILES string of the molecule is COC1COc2cc(S(=O)(=O)NC(=O)Cc3c(C)cc(-c4ccc5c(c4)COCC5)cc3P)nn2C1. The Morgan fingerprint density at radius 2 is 2.06 bits per heavy atom. The number of carbonyl (C=O) groups excluding carboxylic acids is 1. The predicted molar refractivity (Wildman–Crippen MR) is 137 cm³/mol. The zero-order chi connectivity index (χ0) is 25.4. The number of ether oxygens (including phenoxy) is 3. The van der Waals surface area contributed by atoms with Crippen molar-refractivity contribution < 1.29 is 27.4 Å². The maximum Gasteiger partial charge on any atom is 0.283 e. The normalized spacial score (nSPS) is 17.1. The highest BCUT2D eigenvalue weighted by Gasteiger charge is 2.28. The summed E-state index contributed by atoms with van der Waals surface area (Å²) >= 11 is 0. The van der Waals surface area contributed by atoms with Crippen molar-refractivity contribution in [1.82, 2.24) is 14.5 Å². The van der Waals surface area contributed by atoms with Crippen LogP contribution in [-0.4, -0.2) is 50.5 Å². The Kier molecular flexibility index (Phi) is 6.87. The summed E-state index contributed by atoms with van der Waals surface area (Å²) in [6.45, 7) is 3.96. The summed E-state index contributed by atoms with van der Waals surface area (Å²) in [4.78, 5) is 12.8. The van der Waals surface area contributed by atoms with Crippen molar-refractivity contribution in [3.63, 3.8) is 0 Å². The van der Waals surface area contributed by atoms with E-state index in [-0.39, 0.29) is 17.6 Å². The molecule has 3 aromatic rings. The van der Waals surface area contributed by atoms with E-state index in [0.29, 0.717) is 25.6 Å². The van der Waals surface area contributed by atoms with Gasteiger partial charge in [-0.1, -0.05) is 18.2 Å². The van der Waals surface area contributed by atoms with E-state index in [2.05, 4.69) is 37.3 Å². The zero-order valence-electron chi connectivity index (χ0n) is 20.1. The topological polar surface area (TPSA) is 109 Å². The van der Waals surface area contributed by atoms with Crippen molar-refractivity contribution >= 4 is 30.5 Å². The van der Waals surface area contributed by atoms with Gasteiger partial charge in [0.05, 0.1) is 26.2 Å². The molecule has 3 heterocycles. The lowest BCUT2D eigenvalue weighted by Gasteiger charge is -2.22. The zero-order valence-corrected chi connectivity index (χ0v) is 22.1. The van der Waals surface area contributed by atoms with Gasteiger partial charge < -0.3 is 14.2 Å². The molecule has 0 bridgehead atoms. The second-order valence-electron chi connectivity index (χ2n) is 9.02. The number of aryl methyl sites for hydroxylation is 1. The minimum Gasteiger partial charge on any atom is -0.475 e. The van der Waals surface area contributed by atoms with Crippen LogP contribution < -0.4 is 14.8 Å². The molecule has 0 fully saturated rings. The number of nitrogens with zero attached hydrogens (tertiary/aromatic N) is 2. The van der Waals surface area contributed by atoms with Gasteiger partial charge in [0.25, 0.3) is 10.0 Å². The van der Waals surface area contributed by atoms with E-state index in [9.17, 15) is 13.2 Å². The summed E-state index contributed by atoms with van der Waals surface area (Å²) < 4.78 is 45.5. The molecule has 2 aromatic carbocycles. The van der Waals surface area contributed by atoms with Gasteiger partial charge in [0.15, 0.2) is 0 Å². The molecule has 2 unspecified atom stereocenters. The minimum atomic E-state index is -4.15. The molecular weight excluding hydrogens is 501 g/mol. The first kappa shape index (κ1) is 24.9. The van der Waals surface area contributed by atoms with Crippen molar-refractivity contribution in [2.45, 2.75) is 44.0 Å². The van der Waals surface area contributed by atoms with E-state index in [0.717, 1.165) is 40.6 Å². The quantitative estimate of drug-likeness (QED) is 0.486. The molecule has 0 aliphatic carbocycles. The molecule has 0 saturated heterocycles. The van der Waals surface area contributed by atoms with E-state index in [1.54, 1.807) is 7.11 Å². The van der Waals surface area contributed by atoms with Gasteiger partial charge in [-0.2, -0.15) is 13.5 Å². The van der Waals surface area contributed by atoms with Gasteiger partial charge in [-0.15, -0.1) is 9.24 Å². The molecular formula is C25H28N3O6PS. The van der Waals surface area contributed by atoms with Crippen LogP contribution in [0.4, 0.5) is 0 Å². The summed E-state index contributed by atoms with van der Waals surface area (Å²) in [7, 11) is 0.0611. The molecule has 1 N–H and O–H groups in total. The van der Waals surface area contributed by atoms with Crippen LogP contribution >= 0.6 is 9.24 Å². The Morgan fingerprint density at radius 3 is 2.83 bits per heavy atom. The van der Waals surface area contributed by atoms with E-state index in [1.165, 1.54) is 21.9 Å². The van der Waals surface area contributed by atoms with E-state index in [4.69, 9.17) is 14.2 Å². The van der Waals surface area contributed by atoms with Gasteiger partial charge in [-0.3, -0.25) is 4.79 Å². The third kappa shape index (κ3) is 5.04. The number of rotatable bonds is 6. The molecule has 0 saturated carbocycles. The monoisotopic (exact) mass is 529 g/mol. The van der Waals surface area contributed by atoms with E-state index >= 15 is 0 Å². The minimum absolute atomic E-state index is 0.0853. The number of fused-ring (bicyclic) bond motifs is 2. The molecule has 9 nitrogen and oxygen atoms in total. The fraction of sp³-hybridized carbons (Fsp3) is 0.360. The smallest absolute Gasteiger partial charge is 0.283 e. The molecule has 0 spiro atoms. The largest absolute Gasteiger partial charge is 0.475 e.